The first-order valence-corrected chi connectivity index (χ1v) is 8.71. The van der Waals surface area contributed by atoms with Gasteiger partial charge >= 0.3 is 11.9 Å². The van der Waals surface area contributed by atoms with E-state index in [4.69, 9.17) is 9.63 Å². The molecule has 0 aliphatic carbocycles. The number of amides is 1. The van der Waals surface area contributed by atoms with Gasteiger partial charge in [-0.3, -0.25) is 4.79 Å². The summed E-state index contributed by atoms with van der Waals surface area (Å²) in [4.78, 5) is 27.0. The van der Waals surface area contributed by atoms with E-state index in [1.54, 1.807) is 0 Å². The highest BCUT2D eigenvalue weighted by atomic mass is 19.3. The van der Waals surface area contributed by atoms with Crippen LogP contribution < -0.4 is 5.32 Å². The number of carboxylic acid groups (broad SMARTS) is 1. The average molecular weight is 401 g/mol. The van der Waals surface area contributed by atoms with Crippen LogP contribution in [0.5, 0.6) is 0 Å². The summed E-state index contributed by atoms with van der Waals surface area (Å²) in [5, 5.41) is 14.9. The number of carboxylic acids is 1. The van der Waals surface area contributed by atoms with Gasteiger partial charge < -0.3 is 14.9 Å². The normalized spacial score (nSPS) is 11.2. The molecule has 7 nitrogen and oxygen atoms in total. The van der Waals surface area contributed by atoms with Gasteiger partial charge in [-0.05, 0) is 17.7 Å². The van der Waals surface area contributed by atoms with Crippen LogP contribution in [0.15, 0.2) is 59.1 Å². The van der Waals surface area contributed by atoms with Gasteiger partial charge in [0, 0.05) is 24.9 Å². The van der Waals surface area contributed by atoms with Crippen LogP contribution in [0.4, 0.5) is 8.78 Å². The second kappa shape index (κ2) is 8.59. The number of hydrogen-bond acceptors (Lipinski definition) is 5. The molecule has 0 radical (unpaired) electrons. The van der Waals surface area contributed by atoms with Gasteiger partial charge in [0.1, 0.15) is 0 Å². The zero-order chi connectivity index (χ0) is 20.9. The molecule has 2 N–H and O–H groups in total. The zero-order valence-electron chi connectivity index (χ0n) is 15.1. The molecule has 29 heavy (non-hydrogen) atoms. The fraction of sp³-hybridized carbons (Fsp3) is 0.200. The van der Waals surface area contributed by atoms with E-state index in [2.05, 4.69) is 15.5 Å². The van der Waals surface area contributed by atoms with Gasteiger partial charge in [-0.25, -0.2) is 4.79 Å². The lowest BCUT2D eigenvalue weighted by atomic mass is 10.0. The van der Waals surface area contributed by atoms with E-state index >= 15 is 0 Å². The second-order valence-electron chi connectivity index (χ2n) is 6.23. The van der Waals surface area contributed by atoms with Crippen LogP contribution >= 0.6 is 0 Å². The third-order valence-electron chi connectivity index (χ3n) is 4.10. The quantitative estimate of drug-likeness (QED) is 0.601. The van der Waals surface area contributed by atoms with Crippen LogP contribution in [-0.4, -0.2) is 33.7 Å². The Bertz CT molecular complexity index is 1010. The summed E-state index contributed by atoms with van der Waals surface area (Å²) in [6.07, 6.45) is 0.549. The smallest absolute Gasteiger partial charge is 0.349 e. The first kappa shape index (κ1) is 20.1. The molecule has 150 valence electrons. The predicted octanol–water partition coefficient (Wildman–Crippen LogP) is 2.81. The van der Waals surface area contributed by atoms with E-state index in [9.17, 15) is 18.4 Å². The predicted molar refractivity (Wildman–Crippen MR) is 97.6 cm³/mol. The first-order valence-electron chi connectivity index (χ1n) is 8.71. The Kier molecular flexibility index (Phi) is 5.96. The number of nitrogens with one attached hydrogen (secondary N) is 1. The largest absolute Gasteiger partial charge is 0.478 e. The monoisotopic (exact) mass is 401 g/mol. The molecule has 0 aliphatic heterocycles. The number of alkyl halides is 2. The Morgan fingerprint density at radius 1 is 1.10 bits per heavy atom. The fourth-order valence-corrected chi connectivity index (χ4v) is 2.61. The number of aromatic carboxylic acids is 1. The molecule has 0 spiro atoms. The summed E-state index contributed by atoms with van der Waals surface area (Å²) in [7, 11) is 0. The molecule has 0 fully saturated rings. The van der Waals surface area contributed by atoms with Crippen molar-refractivity contribution < 1.29 is 28.0 Å². The van der Waals surface area contributed by atoms with Crippen molar-refractivity contribution in [2.24, 2.45) is 0 Å². The third kappa shape index (κ3) is 5.01. The number of nitrogens with zero attached hydrogens (tertiary/aromatic N) is 2. The summed E-state index contributed by atoms with van der Waals surface area (Å²) in [6.45, 7) is -0.139. The van der Waals surface area contributed by atoms with Crippen molar-refractivity contribution in [3.8, 4) is 0 Å². The van der Waals surface area contributed by atoms with Crippen LogP contribution in [0.2, 0.25) is 0 Å². The van der Waals surface area contributed by atoms with E-state index in [0.29, 0.717) is 12.2 Å². The van der Waals surface area contributed by atoms with Gasteiger partial charge in [0.2, 0.25) is 5.89 Å². The van der Waals surface area contributed by atoms with Crippen LogP contribution in [-0.2, 0) is 23.6 Å². The highest BCUT2D eigenvalue weighted by Gasteiger charge is 2.41. The second-order valence-corrected chi connectivity index (χ2v) is 6.23. The molecule has 0 atom stereocenters. The van der Waals surface area contributed by atoms with Crippen molar-refractivity contribution in [1.82, 2.24) is 15.5 Å². The molecule has 1 aromatic heterocycles. The molecule has 9 heteroatoms. The molecule has 0 saturated carbocycles. The van der Waals surface area contributed by atoms with Gasteiger partial charge in [0.05, 0.1) is 5.56 Å². The maximum absolute atomic E-state index is 14.3. The first-order chi connectivity index (χ1) is 13.9. The summed E-state index contributed by atoms with van der Waals surface area (Å²) in [6, 6.07) is 13.6. The Hall–Kier alpha value is -3.62. The fourth-order valence-electron chi connectivity index (χ4n) is 2.61. The van der Waals surface area contributed by atoms with Gasteiger partial charge in [-0.1, -0.05) is 47.6 Å². The highest BCUT2D eigenvalue weighted by molar-refractivity contribution is 5.89. The Morgan fingerprint density at radius 3 is 2.59 bits per heavy atom. The number of aromatic nitrogens is 2. The number of carbonyl (C=O) groups is 2. The van der Waals surface area contributed by atoms with Crippen molar-refractivity contribution in [2.75, 3.05) is 6.54 Å². The molecule has 1 heterocycles. The standard InChI is InChI=1S/C20H17F2N3O4/c21-20(22,15-8-4-7-14(12-15)18(26)27)19(28)23-10-9-17-24-16(25-29-17)11-13-5-2-1-3-6-13/h1-8,12H,9-11H2,(H,23,28)(H,26,27). The molecule has 3 aromatic rings. The minimum atomic E-state index is -3.88. The lowest BCUT2D eigenvalue weighted by Gasteiger charge is -2.16. The molecule has 3 rings (SSSR count). The van der Waals surface area contributed by atoms with Crippen molar-refractivity contribution >= 4 is 11.9 Å². The molecule has 2 aromatic carbocycles. The highest BCUT2D eigenvalue weighted by Crippen LogP contribution is 2.28. The van der Waals surface area contributed by atoms with E-state index in [-0.39, 0.29) is 24.4 Å². The van der Waals surface area contributed by atoms with E-state index in [1.807, 2.05) is 30.3 Å². The SMILES string of the molecule is O=C(O)c1cccc(C(F)(F)C(=O)NCCc2nc(Cc3ccccc3)no2)c1. The maximum Gasteiger partial charge on any atom is 0.349 e. The molecule has 1 amide bonds. The van der Waals surface area contributed by atoms with Gasteiger partial charge in [0.25, 0.3) is 5.91 Å². The summed E-state index contributed by atoms with van der Waals surface area (Å²) in [5.41, 5.74) is -0.0268. The van der Waals surface area contributed by atoms with Crippen molar-refractivity contribution in [3.05, 3.63) is 83.0 Å². The number of benzene rings is 2. The Morgan fingerprint density at radius 2 is 1.86 bits per heavy atom. The molecule has 0 bridgehead atoms. The topological polar surface area (TPSA) is 105 Å². The van der Waals surface area contributed by atoms with E-state index < -0.39 is 23.4 Å². The van der Waals surface area contributed by atoms with Crippen LogP contribution in [0.25, 0.3) is 0 Å². The Balaban J connectivity index is 1.55. The third-order valence-corrected chi connectivity index (χ3v) is 4.10. The van der Waals surface area contributed by atoms with Crippen molar-refractivity contribution in [2.45, 2.75) is 18.8 Å². The number of halogens is 2. The van der Waals surface area contributed by atoms with Crippen molar-refractivity contribution in [3.63, 3.8) is 0 Å². The molecular weight excluding hydrogens is 384 g/mol. The lowest BCUT2D eigenvalue weighted by molar-refractivity contribution is -0.146. The van der Waals surface area contributed by atoms with Gasteiger partial charge in [-0.2, -0.15) is 13.8 Å². The molecular formula is C20H17F2N3O4. The van der Waals surface area contributed by atoms with Crippen molar-refractivity contribution in [1.29, 1.82) is 0 Å². The summed E-state index contributed by atoms with van der Waals surface area (Å²) in [5.74, 6) is -6.10. The summed E-state index contributed by atoms with van der Waals surface area (Å²) >= 11 is 0. The molecule has 0 aliphatic rings. The maximum atomic E-state index is 14.3. The number of hydrogen-bond donors (Lipinski definition) is 2. The lowest BCUT2D eigenvalue weighted by Crippen LogP contribution is -2.39. The van der Waals surface area contributed by atoms with Gasteiger partial charge in [-0.15, -0.1) is 0 Å². The minimum Gasteiger partial charge on any atom is -0.478 e. The molecule has 0 saturated heterocycles. The molecule has 0 unspecified atom stereocenters. The number of rotatable bonds is 8. The number of carbonyl (C=O) groups excluding carboxylic acids is 1. The van der Waals surface area contributed by atoms with Gasteiger partial charge in [0.15, 0.2) is 5.82 Å². The van der Waals surface area contributed by atoms with Crippen LogP contribution in [0.1, 0.15) is 33.2 Å². The Labute approximate surface area is 164 Å². The van der Waals surface area contributed by atoms with Crippen LogP contribution in [0.3, 0.4) is 0 Å². The summed E-state index contributed by atoms with van der Waals surface area (Å²) < 4.78 is 33.7. The van der Waals surface area contributed by atoms with Crippen LogP contribution in [0, 0.1) is 0 Å². The minimum absolute atomic E-state index is 0.0821. The van der Waals surface area contributed by atoms with E-state index in [0.717, 1.165) is 23.8 Å². The zero-order valence-corrected chi connectivity index (χ0v) is 15.1. The van der Waals surface area contributed by atoms with E-state index in [1.165, 1.54) is 6.07 Å². The average Bonchev–Trinajstić information content (AvgIpc) is 3.15.